The third-order valence-electron chi connectivity index (χ3n) is 3.94. The molecule has 0 aliphatic rings. The third kappa shape index (κ3) is 5.84. The van der Waals surface area contributed by atoms with Gasteiger partial charge in [-0.05, 0) is 48.2 Å². The summed E-state index contributed by atoms with van der Waals surface area (Å²) in [5.74, 6) is 0.410. The number of aryl methyl sites for hydroxylation is 1. The molecule has 2 rings (SSSR count). The molecule has 0 radical (unpaired) electrons. The van der Waals surface area contributed by atoms with Crippen LogP contribution in [0.5, 0.6) is 0 Å². The van der Waals surface area contributed by atoms with Crippen LogP contribution < -0.4 is 10.6 Å². The number of hydrogen-bond acceptors (Lipinski definition) is 3. The molecule has 0 spiro atoms. The zero-order chi connectivity index (χ0) is 19.2. The molecule has 0 aliphatic carbocycles. The highest BCUT2D eigenvalue weighted by Gasteiger charge is 2.10. The van der Waals surface area contributed by atoms with Gasteiger partial charge in [-0.1, -0.05) is 24.3 Å². The van der Waals surface area contributed by atoms with Crippen LogP contribution in [0.4, 0.5) is 4.39 Å². The van der Waals surface area contributed by atoms with Gasteiger partial charge in [0.25, 0.3) is 0 Å². The Morgan fingerprint density at radius 1 is 1.08 bits per heavy atom. The van der Waals surface area contributed by atoms with Crippen LogP contribution in [0, 0.1) is 12.7 Å². The fraction of sp³-hybridized carbons (Fsp3) is 0.316. The fourth-order valence-electron chi connectivity index (χ4n) is 2.62. The van der Waals surface area contributed by atoms with Crippen molar-refractivity contribution in [3.8, 4) is 0 Å². The van der Waals surface area contributed by atoms with Gasteiger partial charge in [-0.25, -0.2) is 12.8 Å². The van der Waals surface area contributed by atoms with Gasteiger partial charge >= 0.3 is 0 Å². The van der Waals surface area contributed by atoms with Gasteiger partial charge in [-0.3, -0.25) is 4.99 Å². The molecule has 2 N–H and O–H groups in total. The van der Waals surface area contributed by atoms with E-state index in [0.717, 1.165) is 23.1 Å². The molecule has 0 aliphatic heterocycles. The van der Waals surface area contributed by atoms with Gasteiger partial charge in [0.15, 0.2) is 15.8 Å². The van der Waals surface area contributed by atoms with E-state index in [1.807, 2.05) is 6.07 Å². The summed E-state index contributed by atoms with van der Waals surface area (Å²) in [7, 11) is -1.52. The largest absolute Gasteiger partial charge is 0.356 e. The fourth-order valence-corrected chi connectivity index (χ4v) is 3.58. The van der Waals surface area contributed by atoms with Crippen molar-refractivity contribution in [1.29, 1.82) is 0 Å². The van der Waals surface area contributed by atoms with E-state index in [1.54, 1.807) is 38.2 Å². The lowest BCUT2D eigenvalue weighted by atomic mass is 10.1. The number of benzene rings is 2. The molecule has 2 aromatic rings. The third-order valence-corrected chi connectivity index (χ3v) is 5.20. The van der Waals surface area contributed by atoms with E-state index in [9.17, 15) is 12.8 Å². The summed E-state index contributed by atoms with van der Waals surface area (Å²) in [5.41, 5.74) is 2.74. The van der Waals surface area contributed by atoms with E-state index in [1.165, 1.54) is 18.4 Å². The molecule has 0 saturated carbocycles. The lowest BCUT2D eigenvalue weighted by Gasteiger charge is -2.13. The van der Waals surface area contributed by atoms with Gasteiger partial charge in [0.2, 0.25) is 0 Å². The molecule has 140 valence electrons. The van der Waals surface area contributed by atoms with E-state index in [-0.39, 0.29) is 5.82 Å². The molecule has 0 fully saturated rings. The van der Waals surface area contributed by atoms with E-state index < -0.39 is 9.84 Å². The van der Waals surface area contributed by atoms with Crippen molar-refractivity contribution in [3.63, 3.8) is 0 Å². The Balaban J connectivity index is 1.87. The summed E-state index contributed by atoms with van der Waals surface area (Å²) in [6, 6.07) is 11.7. The van der Waals surface area contributed by atoms with Gasteiger partial charge in [0.05, 0.1) is 4.90 Å². The number of hydrogen-bond donors (Lipinski definition) is 2. The van der Waals surface area contributed by atoms with Crippen LogP contribution in [0.3, 0.4) is 0 Å². The number of sulfone groups is 1. The van der Waals surface area contributed by atoms with Crippen molar-refractivity contribution < 1.29 is 12.8 Å². The second-order valence-electron chi connectivity index (χ2n) is 6.10. The second-order valence-corrected chi connectivity index (χ2v) is 8.09. The number of guanidine groups is 1. The first-order valence-corrected chi connectivity index (χ1v) is 10.2. The molecule has 0 aromatic heterocycles. The van der Waals surface area contributed by atoms with E-state index >= 15 is 0 Å². The average Bonchev–Trinajstić information content (AvgIpc) is 2.58. The van der Waals surface area contributed by atoms with Crippen LogP contribution in [-0.4, -0.2) is 34.2 Å². The second kappa shape index (κ2) is 8.80. The monoisotopic (exact) mass is 377 g/mol. The van der Waals surface area contributed by atoms with Gasteiger partial charge in [0.1, 0.15) is 5.82 Å². The molecule has 0 saturated heterocycles. The molecule has 0 atom stereocenters. The van der Waals surface area contributed by atoms with Crippen molar-refractivity contribution in [1.82, 2.24) is 10.6 Å². The highest BCUT2D eigenvalue weighted by atomic mass is 32.2. The van der Waals surface area contributed by atoms with Crippen molar-refractivity contribution in [3.05, 3.63) is 65.0 Å². The number of rotatable bonds is 6. The van der Waals surface area contributed by atoms with Crippen molar-refractivity contribution in [2.45, 2.75) is 24.8 Å². The predicted molar refractivity (Wildman–Crippen MR) is 103 cm³/mol. The number of aliphatic imine (C=N–C) groups is 1. The maximum atomic E-state index is 12.9. The van der Waals surface area contributed by atoms with Crippen molar-refractivity contribution in [2.24, 2.45) is 4.99 Å². The van der Waals surface area contributed by atoms with Crippen LogP contribution in [-0.2, 0) is 22.8 Å². The van der Waals surface area contributed by atoms with Crippen LogP contribution in [0.15, 0.2) is 52.4 Å². The van der Waals surface area contributed by atoms with Crippen LogP contribution >= 0.6 is 0 Å². The Kier molecular flexibility index (Phi) is 6.74. The Morgan fingerprint density at radius 2 is 1.73 bits per heavy atom. The quantitative estimate of drug-likeness (QED) is 0.599. The highest BCUT2D eigenvalue weighted by molar-refractivity contribution is 7.90. The van der Waals surface area contributed by atoms with Crippen molar-refractivity contribution >= 4 is 15.8 Å². The molecule has 0 unspecified atom stereocenters. The molecular weight excluding hydrogens is 353 g/mol. The summed E-state index contributed by atoms with van der Waals surface area (Å²) >= 11 is 0. The maximum absolute atomic E-state index is 12.9. The van der Waals surface area contributed by atoms with E-state index in [2.05, 4.69) is 15.6 Å². The zero-order valence-electron chi connectivity index (χ0n) is 15.2. The molecule has 0 amide bonds. The summed E-state index contributed by atoms with van der Waals surface area (Å²) in [4.78, 5) is 4.52. The van der Waals surface area contributed by atoms with Crippen molar-refractivity contribution in [2.75, 3.05) is 19.8 Å². The minimum absolute atomic E-state index is 0.239. The Hall–Kier alpha value is -2.41. The Morgan fingerprint density at radius 3 is 2.31 bits per heavy atom. The highest BCUT2D eigenvalue weighted by Crippen LogP contribution is 2.16. The molecule has 2 aromatic carbocycles. The van der Waals surface area contributed by atoms with Crippen LogP contribution in [0.1, 0.15) is 16.7 Å². The SMILES string of the molecule is CN=C(NCCc1ccc(F)cc1)NCc1ccc(S(C)(=O)=O)c(C)c1. The molecule has 0 bridgehead atoms. The van der Waals surface area contributed by atoms with Gasteiger partial charge in [0, 0.05) is 26.4 Å². The summed E-state index contributed by atoms with van der Waals surface area (Å²) in [6.45, 7) is 2.98. The van der Waals surface area contributed by atoms with Crippen LogP contribution in [0.2, 0.25) is 0 Å². The first-order valence-electron chi connectivity index (χ1n) is 8.28. The molecular formula is C19H24FN3O2S. The summed E-state index contributed by atoms with van der Waals surface area (Å²) in [5, 5.41) is 6.40. The van der Waals surface area contributed by atoms with Gasteiger partial charge in [-0.2, -0.15) is 0 Å². The topological polar surface area (TPSA) is 70.6 Å². The standard InChI is InChI=1S/C19H24FN3O2S/c1-14-12-16(6-9-18(14)26(3,24)25)13-23-19(21-2)22-11-10-15-4-7-17(20)8-5-15/h4-9,12H,10-11,13H2,1-3H3,(H2,21,22,23). The average molecular weight is 377 g/mol. The number of halogens is 1. The Labute approximate surface area is 154 Å². The minimum atomic E-state index is -3.21. The number of nitrogens with one attached hydrogen (secondary N) is 2. The molecule has 26 heavy (non-hydrogen) atoms. The van der Waals surface area contributed by atoms with E-state index in [0.29, 0.717) is 23.9 Å². The summed E-state index contributed by atoms with van der Waals surface area (Å²) in [6.07, 6.45) is 1.96. The van der Waals surface area contributed by atoms with Gasteiger partial charge in [-0.15, -0.1) is 0 Å². The van der Waals surface area contributed by atoms with Gasteiger partial charge < -0.3 is 10.6 Å². The number of nitrogens with zero attached hydrogens (tertiary/aromatic N) is 1. The minimum Gasteiger partial charge on any atom is -0.356 e. The molecule has 7 heteroatoms. The van der Waals surface area contributed by atoms with Crippen LogP contribution in [0.25, 0.3) is 0 Å². The normalized spacial score (nSPS) is 12.1. The first kappa shape index (κ1) is 19.9. The Bertz CT molecular complexity index is 878. The maximum Gasteiger partial charge on any atom is 0.191 e. The zero-order valence-corrected chi connectivity index (χ0v) is 16.0. The lowest BCUT2D eigenvalue weighted by molar-refractivity contribution is 0.601. The molecule has 0 heterocycles. The van der Waals surface area contributed by atoms with E-state index in [4.69, 9.17) is 0 Å². The summed E-state index contributed by atoms with van der Waals surface area (Å²) < 4.78 is 36.2. The first-order chi connectivity index (χ1) is 12.3. The smallest absolute Gasteiger partial charge is 0.191 e. The molecule has 5 nitrogen and oxygen atoms in total. The lowest BCUT2D eigenvalue weighted by Crippen LogP contribution is -2.37. The predicted octanol–water partition coefficient (Wildman–Crippen LogP) is 2.45.